The third-order valence-corrected chi connectivity index (χ3v) is 1.69. The van der Waals surface area contributed by atoms with E-state index >= 15 is 0 Å². The summed E-state index contributed by atoms with van der Waals surface area (Å²) >= 11 is 0. The van der Waals surface area contributed by atoms with Crippen LogP contribution in [0.15, 0.2) is 30.9 Å². The van der Waals surface area contributed by atoms with Crippen molar-refractivity contribution < 1.29 is 0 Å². The Morgan fingerprint density at radius 1 is 1.42 bits per heavy atom. The molecule has 0 aliphatic carbocycles. The second kappa shape index (κ2) is 2.77. The molecule has 3 nitrogen and oxygen atoms in total. The lowest BCUT2D eigenvalue weighted by molar-refractivity contribution is 1.16. The van der Waals surface area contributed by atoms with Crippen molar-refractivity contribution in [3.05, 3.63) is 36.4 Å². The van der Waals surface area contributed by atoms with Crippen molar-refractivity contribution in [3.63, 3.8) is 0 Å². The van der Waals surface area contributed by atoms with Gasteiger partial charge in [-0.15, -0.1) is 0 Å². The van der Waals surface area contributed by atoms with Crippen LogP contribution in [0, 0.1) is 6.92 Å². The van der Waals surface area contributed by atoms with Crippen molar-refractivity contribution in [1.29, 1.82) is 0 Å². The van der Waals surface area contributed by atoms with Crippen LogP contribution in [-0.4, -0.2) is 15.0 Å². The van der Waals surface area contributed by atoms with E-state index in [1.807, 2.05) is 19.2 Å². The number of rotatable bonds is 1. The van der Waals surface area contributed by atoms with Gasteiger partial charge in [-0.3, -0.25) is 0 Å². The number of hydrogen-bond donors (Lipinski definition) is 1. The molecule has 0 spiro atoms. The van der Waals surface area contributed by atoms with Crippen LogP contribution in [0.1, 0.15) is 5.56 Å². The van der Waals surface area contributed by atoms with Gasteiger partial charge in [-0.2, -0.15) is 0 Å². The fourth-order valence-corrected chi connectivity index (χ4v) is 1.10. The van der Waals surface area contributed by atoms with Crippen LogP contribution < -0.4 is 0 Å². The Morgan fingerprint density at radius 3 is 2.92 bits per heavy atom. The van der Waals surface area contributed by atoms with E-state index in [2.05, 4.69) is 21.0 Å². The number of hydrogen-bond acceptors (Lipinski definition) is 2. The van der Waals surface area contributed by atoms with Crippen LogP contribution in [0.3, 0.4) is 0 Å². The Labute approximate surface area is 70.5 Å². The SMILES string of the molecule is Cc1c[nH]c(-c2ccncn2)c1. The Kier molecular flexibility index (Phi) is 1.63. The van der Waals surface area contributed by atoms with Gasteiger partial charge in [0.25, 0.3) is 0 Å². The topological polar surface area (TPSA) is 41.6 Å². The summed E-state index contributed by atoms with van der Waals surface area (Å²) in [5.74, 6) is 0. The van der Waals surface area contributed by atoms with E-state index in [9.17, 15) is 0 Å². The molecule has 0 saturated heterocycles. The molecular formula is C9H9N3. The van der Waals surface area contributed by atoms with Crippen LogP contribution in [0.4, 0.5) is 0 Å². The smallest absolute Gasteiger partial charge is 0.116 e. The maximum absolute atomic E-state index is 4.12. The van der Waals surface area contributed by atoms with E-state index in [1.54, 1.807) is 12.5 Å². The largest absolute Gasteiger partial charge is 0.360 e. The van der Waals surface area contributed by atoms with Crippen LogP contribution in [0.25, 0.3) is 11.4 Å². The second-order valence-corrected chi connectivity index (χ2v) is 2.69. The van der Waals surface area contributed by atoms with Gasteiger partial charge in [-0.05, 0) is 24.6 Å². The summed E-state index contributed by atoms with van der Waals surface area (Å²) in [4.78, 5) is 11.1. The van der Waals surface area contributed by atoms with Gasteiger partial charge in [-0.25, -0.2) is 9.97 Å². The van der Waals surface area contributed by atoms with Crippen LogP contribution in [0.2, 0.25) is 0 Å². The number of aromatic nitrogens is 3. The molecule has 0 saturated carbocycles. The molecule has 0 aromatic carbocycles. The molecule has 0 amide bonds. The quantitative estimate of drug-likeness (QED) is 0.689. The standard InChI is InChI=1S/C9H9N3/c1-7-4-9(11-5-7)8-2-3-10-6-12-8/h2-6,11H,1H3. The van der Waals surface area contributed by atoms with Crippen LogP contribution in [0.5, 0.6) is 0 Å². The van der Waals surface area contributed by atoms with Crippen molar-refractivity contribution >= 4 is 0 Å². The summed E-state index contributed by atoms with van der Waals surface area (Å²) in [7, 11) is 0. The summed E-state index contributed by atoms with van der Waals surface area (Å²) in [6.07, 6.45) is 5.24. The van der Waals surface area contributed by atoms with Crippen LogP contribution in [-0.2, 0) is 0 Å². The van der Waals surface area contributed by atoms with Gasteiger partial charge >= 0.3 is 0 Å². The van der Waals surface area contributed by atoms with E-state index in [0.29, 0.717) is 0 Å². The molecule has 1 N–H and O–H groups in total. The predicted octanol–water partition coefficient (Wildman–Crippen LogP) is 1.78. The molecule has 0 radical (unpaired) electrons. The Morgan fingerprint density at radius 2 is 2.33 bits per heavy atom. The highest BCUT2D eigenvalue weighted by Crippen LogP contribution is 2.14. The Bertz CT molecular complexity index is 364. The molecule has 0 fully saturated rings. The summed E-state index contributed by atoms with van der Waals surface area (Å²) in [5.41, 5.74) is 3.18. The van der Waals surface area contributed by atoms with Crippen molar-refractivity contribution in [3.8, 4) is 11.4 Å². The van der Waals surface area contributed by atoms with Crippen molar-refractivity contribution in [2.75, 3.05) is 0 Å². The summed E-state index contributed by atoms with van der Waals surface area (Å²) < 4.78 is 0. The molecule has 0 unspecified atom stereocenters. The molecule has 0 atom stereocenters. The van der Waals surface area contributed by atoms with Gasteiger partial charge in [0.05, 0.1) is 11.4 Å². The van der Waals surface area contributed by atoms with E-state index in [1.165, 1.54) is 5.56 Å². The van der Waals surface area contributed by atoms with Gasteiger partial charge in [0.1, 0.15) is 6.33 Å². The first kappa shape index (κ1) is 7.03. The number of nitrogens with one attached hydrogen (secondary N) is 1. The first-order valence-corrected chi connectivity index (χ1v) is 3.77. The van der Waals surface area contributed by atoms with Crippen molar-refractivity contribution in [1.82, 2.24) is 15.0 Å². The molecule has 2 aromatic heterocycles. The molecule has 2 heterocycles. The number of aryl methyl sites for hydroxylation is 1. The Balaban J connectivity index is 2.45. The maximum atomic E-state index is 4.12. The minimum absolute atomic E-state index is 0.929. The normalized spacial score (nSPS) is 10.1. The van der Waals surface area contributed by atoms with E-state index in [4.69, 9.17) is 0 Å². The highest BCUT2D eigenvalue weighted by atomic mass is 14.8. The average molecular weight is 159 g/mol. The van der Waals surface area contributed by atoms with E-state index in [-0.39, 0.29) is 0 Å². The fraction of sp³-hybridized carbons (Fsp3) is 0.111. The maximum Gasteiger partial charge on any atom is 0.116 e. The fourth-order valence-electron chi connectivity index (χ4n) is 1.10. The second-order valence-electron chi connectivity index (χ2n) is 2.69. The van der Waals surface area contributed by atoms with Crippen molar-refractivity contribution in [2.24, 2.45) is 0 Å². The minimum Gasteiger partial charge on any atom is -0.360 e. The third kappa shape index (κ3) is 1.21. The van der Waals surface area contributed by atoms with E-state index in [0.717, 1.165) is 11.4 Å². The zero-order valence-electron chi connectivity index (χ0n) is 6.78. The molecule has 0 bridgehead atoms. The molecule has 2 rings (SSSR count). The molecule has 0 aliphatic rings. The zero-order chi connectivity index (χ0) is 8.39. The minimum atomic E-state index is 0.929. The molecule has 3 heteroatoms. The Hall–Kier alpha value is -1.64. The van der Waals surface area contributed by atoms with Gasteiger partial charge in [0, 0.05) is 12.4 Å². The monoisotopic (exact) mass is 159 g/mol. The molecule has 2 aromatic rings. The lowest BCUT2D eigenvalue weighted by Crippen LogP contribution is -1.82. The average Bonchev–Trinajstić information content (AvgIpc) is 2.54. The number of aromatic amines is 1. The zero-order valence-corrected chi connectivity index (χ0v) is 6.78. The highest BCUT2D eigenvalue weighted by Gasteiger charge is 1.98. The molecule has 0 aliphatic heterocycles. The number of nitrogens with zero attached hydrogens (tertiary/aromatic N) is 2. The summed E-state index contributed by atoms with van der Waals surface area (Å²) in [5, 5.41) is 0. The summed E-state index contributed by atoms with van der Waals surface area (Å²) in [6.45, 7) is 2.04. The third-order valence-electron chi connectivity index (χ3n) is 1.69. The lowest BCUT2D eigenvalue weighted by atomic mass is 10.3. The van der Waals surface area contributed by atoms with Gasteiger partial charge < -0.3 is 4.98 Å². The van der Waals surface area contributed by atoms with Crippen molar-refractivity contribution in [2.45, 2.75) is 6.92 Å². The highest BCUT2D eigenvalue weighted by molar-refractivity contribution is 5.54. The lowest BCUT2D eigenvalue weighted by Gasteiger charge is -1.92. The molecule has 60 valence electrons. The first-order chi connectivity index (χ1) is 5.86. The summed E-state index contributed by atoms with van der Waals surface area (Å²) in [6, 6.07) is 3.94. The predicted molar refractivity (Wildman–Crippen MR) is 46.6 cm³/mol. The molecule has 12 heavy (non-hydrogen) atoms. The molecular weight excluding hydrogens is 150 g/mol. The first-order valence-electron chi connectivity index (χ1n) is 3.77. The van der Waals surface area contributed by atoms with E-state index < -0.39 is 0 Å². The number of H-pyrrole nitrogens is 1. The van der Waals surface area contributed by atoms with Gasteiger partial charge in [0.2, 0.25) is 0 Å². The van der Waals surface area contributed by atoms with Gasteiger partial charge in [0.15, 0.2) is 0 Å². The van der Waals surface area contributed by atoms with Gasteiger partial charge in [-0.1, -0.05) is 0 Å². The van der Waals surface area contributed by atoms with Crippen LogP contribution >= 0.6 is 0 Å².